The van der Waals surface area contributed by atoms with Gasteiger partial charge in [-0.05, 0) is 35.0 Å². The molecule has 0 aliphatic heterocycles. The summed E-state index contributed by atoms with van der Waals surface area (Å²) in [5.74, 6) is 0.596. The fraction of sp³-hybridized carbons (Fsp3) is 0.143. The number of hydrogen-bond acceptors (Lipinski definition) is 4. The van der Waals surface area contributed by atoms with Crippen molar-refractivity contribution in [3.05, 3.63) is 23.9 Å². The van der Waals surface area contributed by atoms with E-state index in [9.17, 15) is 0 Å². The average molecular weight is 161 g/mol. The van der Waals surface area contributed by atoms with Gasteiger partial charge < -0.3 is 0 Å². The second kappa shape index (κ2) is 2.69. The fourth-order valence-corrected chi connectivity index (χ4v) is 0.933. The van der Waals surface area contributed by atoms with Gasteiger partial charge in [-0.3, -0.25) is 4.98 Å². The second-order valence-corrected chi connectivity index (χ2v) is 2.47. The Bertz CT molecular complexity index is 367. The highest BCUT2D eigenvalue weighted by Crippen LogP contribution is 2.09. The molecule has 1 N–H and O–H groups in total. The van der Waals surface area contributed by atoms with E-state index in [1.807, 2.05) is 19.1 Å². The summed E-state index contributed by atoms with van der Waals surface area (Å²) >= 11 is 0. The van der Waals surface area contributed by atoms with Crippen molar-refractivity contribution in [3.63, 3.8) is 0 Å². The summed E-state index contributed by atoms with van der Waals surface area (Å²) in [6.45, 7) is 2.00. The van der Waals surface area contributed by atoms with Crippen molar-refractivity contribution in [2.75, 3.05) is 0 Å². The van der Waals surface area contributed by atoms with Gasteiger partial charge in [0.15, 0.2) is 5.82 Å². The van der Waals surface area contributed by atoms with E-state index >= 15 is 0 Å². The number of rotatable bonds is 1. The molecule has 0 spiro atoms. The van der Waals surface area contributed by atoms with Crippen LogP contribution in [0.2, 0.25) is 0 Å². The number of aromatic amines is 1. The fourth-order valence-electron chi connectivity index (χ4n) is 0.933. The van der Waals surface area contributed by atoms with Crippen molar-refractivity contribution in [2.24, 2.45) is 0 Å². The summed E-state index contributed by atoms with van der Waals surface area (Å²) in [4.78, 5) is 4.11. The molecule has 2 aromatic rings. The summed E-state index contributed by atoms with van der Waals surface area (Å²) in [6.07, 6.45) is 1.73. The first-order valence-corrected chi connectivity index (χ1v) is 3.53. The molecule has 2 rings (SSSR count). The van der Waals surface area contributed by atoms with Gasteiger partial charge >= 0.3 is 0 Å². The van der Waals surface area contributed by atoms with E-state index in [0.717, 1.165) is 11.3 Å². The molecule has 0 fully saturated rings. The lowest BCUT2D eigenvalue weighted by atomic mass is 10.2. The molecule has 0 radical (unpaired) electrons. The maximum Gasteiger partial charge on any atom is 0.198 e. The van der Waals surface area contributed by atoms with Crippen molar-refractivity contribution in [1.82, 2.24) is 25.6 Å². The molecular formula is C7H7N5. The lowest BCUT2D eigenvalue weighted by Gasteiger charge is -1.94. The van der Waals surface area contributed by atoms with E-state index in [-0.39, 0.29) is 0 Å². The monoisotopic (exact) mass is 161 g/mol. The van der Waals surface area contributed by atoms with Crippen molar-refractivity contribution < 1.29 is 0 Å². The molecule has 0 unspecified atom stereocenters. The van der Waals surface area contributed by atoms with Crippen LogP contribution >= 0.6 is 0 Å². The van der Waals surface area contributed by atoms with Crippen LogP contribution in [0.1, 0.15) is 5.56 Å². The predicted molar refractivity (Wildman–Crippen MR) is 42.1 cm³/mol. The largest absolute Gasteiger partial charge is 0.253 e. The Morgan fingerprint density at radius 3 is 3.00 bits per heavy atom. The number of hydrogen-bond donors (Lipinski definition) is 1. The van der Waals surface area contributed by atoms with Gasteiger partial charge in [-0.15, -0.1) is 5.10 Å². The molecule has 0 amide bonds. The molecule has 60 valence electrons. The number of aromatic nitrogens is 5. The molecule has 5 nitrogen and oxygen atoms in total. The highest BCUT2D eigenvalue weighted by molar-refractivity contribution is 5.48. The molecule has 5 heteroatoms. The van der Waals surface area contributed by atoms with Gasteiger partial charge in [-0.25, -0.2) is 5.10 Å². The first kappa shape index (κ1) is 6.90. The van der Waals surface area contributed by atoms with Crippen molar-refractivity contribution in [2.45, 2.75) is 6.92 Å². The summed E-state index contributed by atoms with van der Waals surface area (Å²) in [5, 5.41) is 13.3. The quantitative estimate of drug-likeness (QED) is 0.663. The van der Waals surface area contributed by atoms with Crippen LogP contribution < -0.4 is 0 Å². The zero-order valence-electron chi connectivity index (χ0n) is 6.52. The maximum absolute atomic E-state index is 4.11. The Morgan fingerprint density at radius 2 is 2.33 bits per heavy atom. The van der Waals surface area contributed by atoms with E-state index in [4.69, 9.17) is 0 Å². The third-order valence-electron chi connectivity index (χ3n) is 1.50. The molecule has 2 aromatic heterocycles. The maximum atomic E-state index is 4.11. The van der Waals surface area contributed by atoms with E-state index in [1.54, 1.807) is 6.20 Å². The van der Waals surface area contributed by atoms with Crippen LogP contribution in [0, 0.1) is 6.92 Å². The molecule has 0 saturated heterocycles. The van der Waals surface area contributed by atoms with Gasteiger partial charge in [-0.2, -0.15) is 0 Å². The summed E-state index contributed by atoms with van der Waals surface area (Å²) in [5.41, 5.74) is 1.90. The molecule has 0 bridgehead atoms. The zero-order valence-corrected chi connectivity index (χ0v) is 6.52. The van der Waals surface area contributed by atoms with Gasteiger partial charge in [0.1, 0.15) is 5.69 Å². The van der Waals surface area contributed by atoms with Crippen molar-refractivity contribution in [1.29, 1.82) is 0 Å². The van der Waals surface area contributed by atoms with Crippen molar-refractivity contribution in [3.8, 4) is 11.5 Å². The average Bonchev–Trinajstić information content (AvgIpc) is 2.56. The third kappa shape index (κ3) is 1.16. The van der Waals surface area contributed by atoms with E-state index in [1.165, 1.54) is 0 Å². The number of nitrogens with zero attached hydrogens (tertiary/aromatic N) is 4. The topological polar surface area (TPSA) is 67.3 Å². The first-order valence-electron chi connectivity index (χ1n) is 3.53. The summed E-state index contributed by atoms with van der Waals surface area (Å²) in [6, 6.07) is 3.84. The van der Waals surface area contributed by atoms with Crippen LogP contribution in [0.3, 0.4) is 0 Å². The highest BCUT2D eigenvalue weighted by atomic mass is 15.5. The Labute approximate surface area is 68.8 Å². The summed E-state index contributed by atoms with van der Waals surface area (Å²) in [7, 11) is 0. The van der Waals surface area contributed by atoms with Crippen LogP contribution in [0.5, 0.6) is 0 Å². The standard InChI is InChI=1S/C7H7N5/c1-5-2-3-8-6(4-5)7-9-11-12-10-7/h2-4H,1H3,(H,9,10,11,12). The lowest BCUT2D eigenvalue weighted by Crippen LogP contribution is -1.86. The second-order valence-electron chi connectivity index (χ2n) is 2.47. The molecule has 0 aromatic carbocycles. The third-order valence-corrected chi connectivity index (χ3v) is 1.50. The van der Waals surface area contributed by atoms with E-state index in [2.05, 4.69) is 25.6 Å². The number of H-pyrrole nitrogens is 1. The Balaban J connectivity index is 2.48. The minimum atomic E-state index is 0.596. The lowest BCUT2D eigenvalue weighted by molar-refractivity contribution is 0.881. The normalized spacial score (nSPS) is 10.1. The molecular weight excluding hydrogens is 154 g/mol. The molecule has 0 aliphatic rings. The number of pyridine rings is 1. The Kier molecular flexibility index (Phi) is 1.55. The summed E-state index contributed by atoms with van der Waals surface area (Å²) < 4.78 is 0. The van der Waals surface area contributed by atoms with Gasteiger partial charge in [0.2, 0.25) is 0 Å². The number of aryl methyl sites for hydroxylation is 1. The van der Waals surface area contributed by atoms with Gasteiger partial charge in [0.25, 0.3) is 0 Å². The van der Waals surface area contributed by atoms with Crippen LogP contribution in [-0.4, -0.2) is 25.6 Å². The molecule has 0 atom stereocenters. The van der Waals surface area contributed by atoms with E-state index < -0.39 is 0 Å². The minimum Gasteiger partial charge on any atom is -0.253 e. The van der Waals surface area contributed by atoms with Crippen molar-refractivity contribution >= 4 is 0 Å². The molecule has 0 saturated carbocycles. The van der Waals surface area contributed by atoms with Crippen LogP contribution in [0.4, 0.5) is 0 Å². The number of tetrazole rings is 1. The highest BCUT2D eigenvalue weighted by Gasteiger charge is 2.01. The minimum absolute atomic E-state index is 0.596. The van der Waals surface area contributed by atoms with Gasteiger partial charge in [0.05, 0.1) is 0 Å². The Hall–Kier alpha value is -1.78. The Morgan fingerprint density at radius 1 is 1.42 bits per heavy atom. The van der Waals surface area contributed by atoms with Crippen LogP contribution in [-0.2, 0) is 0 Å². The van der Waals surface area contributed by atoms with E-state index in [0.29, 0.717) is 5.82 Å². The van der Waals surface area contributed by atoms with Crippen LogP contribution in [0.25, 0.3) is 11.5 Å². The first-order chi connectivity index (χ1) is 5.86. The smallest absolute Gasteiger partial charge is 0.198 e. The molecule has 2 heterocycles. The predicted octanol–water partition coefficient (Wildman–Crippen LogP) is 0.570. The SMILES string of the molecule is Cc1ccnc(-c2nnn[nH]2)c1. The molecule has 0 aliphatic carbocycles. The van der Waals surface area contributed by atoms with Gasteiger partial charge in [-0.1, -0.05) is 0 Å². The number of nitrogens with one attached hydrogen (secondary N) is 1. The zero-order chi connectivity index (χ0) is 8.39. The molecule has 12 heavy (non-hydrogen) atoms. The van der Waals surface area contributed by atoms with Crippen LogP contribution in [0.15, 0.2) is 18.3 Å². The van der Waals surface area contributed by atoms with Gasteiger partial charge in [0, 0.05) is 6.20 Å².